The molecular weight excluding hydrogens is 551 g/mol. The van der Waals surface area contributed by atoms with Gasteiger partial charge in [-0.15, -0.1) is 0 Å². The van der Waals surface area contributed by atoms with Gasteiger partial charge in [-0.1, -0.05) is 17.9 Å². The first-order valence-electron chi connectivity index (χ1n) is 13.7. The normalized spacial score (nSPS) is 11.4. The van der Waals surface area contributed by atoms with E-state index in [1.165, 1.54) is 29.3 Å². The fourth-order valence-electron chi connectivity index (χ4n) is 3.56. The highest BCUT2D eigenvalue weighted by Crippen LogP contribution is 2.23. The van der Waals surface area contributed by atoms with Crippen molar-refractivity contribution in [2.24, 2.45) is 0 Å². The highest BCUT2D eigenvalue weighted by atomic mass is 19.1. The monoisotopic (exact) mass is 588 g/mol. The largest absolute Gasteiger partial charge is 0.497 e. The van der Waals surface area contributed by atoms with Crippen molar-refractivity contribution in [2.75, 3.05) is 52.0 Å². The molecule has 3 aromatic rings. The summed E-state index contributed by atoms with van der Waals surface area (Å²) in [5.74, 6) is 6.63. The van der Waals surface area contributed by atoms with E-state index >= 15 is 0 Å². The summed E-state index contributed by atoms with van der Waals surface area (Å²) in [6.45, 7) is 2.74. The average molecular weight is 589 g/mol. The quantitative estimate of drug-likeness (QED) is 0.119. The number of nitrogens with zero attached hydrogens (tertiary/aromatic N) is 5. The van der Waals surface area contributed by atoms with Crippen LogP contribution < -0.4 is 20.7 Å². The maximum absolute atomic E-state index is 13.2. The van der Waals surface area contributed by atoms with E-state index in [9.17, 15) is 14.0 Å². The van der Waals surface area contributed by atoms with Gasteiger partial charge in [0.2, 0.25) is 23.7 Å². The number of methoxy groups -OCH3 is 1. The van der Waals surface area contributed by atoms with E-state index < -0.39 is 12.0 Å². The Kier molecular flexibility index (Phi) is 12.4. The molecule has 0 saturated carbocycles. The lowest BCUT2D eigenvalue weighted by Crippen LogP contribution is -2.45. The number of rotatable bonds is 13. The number of hydrogen-bond acceptors (Lipinski definition) is 9. The summed E-state index contributed by atoms with van der Waals surface area (Å²) < 4.78 is 18.4. The lowest BCUT2D eigenvalue weighted by Gasteiger charge is -2.23. The molecule has 0 aliphatic rings. The lowest BCUT2D eigenvalue weighted by atomic mass is 10.2. The first-order chi connectivity index (χ1) is 20.7. The van der Waals surface area contributed by atoms with Gasteiger partial charge in [-0.25, -0.2) is 9.97 Å². The number of pyridine rings is 1. The molecule has 2 heterocycles. The van der Waals surface area contributed by atoms with Crippen molar-refractivity contribution >= 4 is 35.0 Å². The summed E-state index contributed by atoms with van der Waals surface area (Å²) in [6, 6.07) is 9.52. The first-order valence-corrected chi connectivity index (χ1v) is 13.7. The number of anilines is 4. The van der Waals surface area contributed by atoms with E-state index in [1.54, 1.807) is 33.4 Å². The number of unbranched alkanes of at least 4 members (excludes halogenated alkanes) is 1. The maximum Gasteiger partial charge on any atom is 0.246 e. The van der Waals surface area contributed by atoms with Crippen molar-refractivity contribution < 1.29 is 18.7 Å². The first kappa shape index (κ1) is 32.5. The Balaban J connectivity index is 1.60. The summed E-state index contributed by atoms with van der Waals surface area (Å²) in [6.07, 6.45) is 7.31. The molecule has 2 aromatic heterocycles. The molecule has 1 aromatic carbocycles. The molecule has 12 heteroatoms. The Morgan fingerprint density at radius 3 is 2.47 bits per heavy atom. The number of carbonyl (C=O) groups excluding carboxylic acids is 2. The van der Waals surface area contributed by atoms with Crippen LogP contribution in [0.25, 0.3) is 0 Å². The molecule has 2 amide bonds. The third-order valence-corrected chi connectivity index (χ3v) is 6.16. The number of amides is 2. The van der Waals surface area contributed by atoms with Gasteiger partial charge in [0, 0.05) is 38.3 Å². The molecule has 0 spiro atoms. The molecule has 1 atom stereocenters. The van der Waals surface area contributed by atoms with Gasteiger partial charge in [0.1, 0.15) is 11.8 Å². The maximum atomic E-state index is 13.2. The fourth-order valence-corrected chi connectivity index (χ4v) is 3.56. The smallest absolute Gasteiger partial charge is 0.246 e. The van der Waals surface area contributed by atoms with Gasteiger partial charge in [0.05, 0.1) is 30.8 Å². The molecule has 11 nitrogen and oxygen atoms in total. The van der Waals surface area contributed by atoms with Crippen LogP contribution in [-0.2, 0) is 9.59 Å². The predicted octanol–water partition coefficient (Wildman–Crippen LogP) is 3.72. The van der Waals surface area contributed by atoms with E-state index in [4.69, 9.17) is 4.74 Å². The molecule has 3 N–H and O–H groups in total. The third-order valence-electron chi connectivity index (χ3n) is 6.16. The van der Waals surface area contributed by atoms with Crippen LogP contribution in [0.15, 0.2) is 60.9 Å². The molecular formula is C31H37FN8O3. The third kappa shape index (κ3) is 10.7. The van der Waals surface area contributed by atoms with Crippen LogP contribution in [0.3, 0.4) is 0 Å². The Morgan fingerprint density at radius 1 is 1.05 bits per heavy atom. The van der Waals surface area contributed by atoms with Gasteiger partial charge < -0.3 is 30.5 Å². The van der Waals surface area contributed by atoms with Gasteiger partial charge in [-0.05, 0) is 63.8 Å². The summed E-state index contributed by atoms with van der Waals surface area (Å²) >= 11 is 0. The molecule has 0 aliphatic heterocycles. The van der Waals surface area contributed by atoms with Crippen molar-refractivity contribution in [3.8, 4) is 17.6 Å². The molecule has 0 bridgehead atoms. The van der Waals surface area contributed by atoms with Crippen LogP contribution in [0.4, 0.5) is 27.5 Å². The average Bonchev–Trinajstić information content (AvgIpc) is 3.00. The van der Waals surface area contributed by atoms with Crippen molar-refractivity contribution in [3.05, 3.63) is 72.5 Å². The second kappa shape index (κ2) is 16.4. The number of benzene rings is 1. The van der Waals surface area contributed by atoms with Crippen molar-refractivity contribution in [2.45, 2.75) is 25.8 Å². The van der Waals surface area contributed by atoms with Crippen LogP contribution >= 0.6 is 0 Å². The molecule has 0 aliphatic carbocycles. The van der Waals surface area contributed by atoms with E-state index in [0.29, 0.717) is 43.0 Å². The van der Waals surface area contributed by atoms with E-state index in [2.05, 4.69) is 42.7 Å². The SMILES string of the molecule is COc1ccc(Nc2nc(Nc3ccc(F)nc3)ncc2C#CCCCNC(=O)C(C)N(C)C(=O)C=CCN(C)C)cc1. The molecule has 3 rings (SSSR count). The molecule has 1 unspecified atom stereocenters. The van der Waals surface area contributed by atoms with Crippen LogP contribution in [0.1, 0.15) is 25.3 Å². The van der Waals surface area contributed by atoms with Crippen LogP contribution in [0, 0.1) is 17.8 Å². The van der Waals surface area contributed by atoms with Gasteiger partial charge >= 0.3 is 0 Å². The van der Waals surface area contributed by atoms with Crippen LogP contribution in [0.2, 0.25) is 0 Å². The highest BCUT2D eigenvalue weighted by Gasteiger charge is 2.20. The number of likely N-dealkylation sites (N-methyl/N-ethyl adjacent to an activating group) is 2. The summed E-state index contributed by atoms with van der Waals surface area (Å²) in [5, 5.41) is 9.12. The Labute approximate surface area is 251 Å². The zero-order chi connectivity index (χ0) is 31.2. The van der Waals surface area contributed by atoms with E-state index in [0.717, 1.165) is 11.4 Å². The van der Waals surface area contributed by atoms with Gasteiger partial charge in [-0.2, -0.15) is 9.37 Å². The highest BCUT2D eigenvalue weighted by molar-refractivity contribution is 5.92. The molecule has 0 saturated heterocycles. The van der Waals surface area contributed by atoms with Crippen molar-refractivity contribution in [1.82, 2.24) is 30.1 Å². The van der Waals surface area contributed by atoms with Gasteiger partial charge in [0.15, 0.2) is 5.82 Å². The predicted molar refractivity (Wildman–Crippen MR) is 165 cm³/mol. The summed E-state index contributed by atoms with van der Waals surface area (Å²) in [7, 11) is 7.03. The van der Waals surface area contributed by atoms with Crippen LogP contribution in [-0.4, -0.2) is 84.0 Å². The molecule has 0 radical (unpaired) electrons. The minimum atomic E-state index is -0.607. The van der Waals surface area contributed by atoms with E-state index in [-0.39, 0.29) is 17.8 Å². The lowest BCUT2D eigenvalue weighted by molar-refractivity contribution is -0.135. The van der Waals surface area contributed by atoms with Crippen molar-refractivity contribution in [3.63, 3.8) is 0 Å². The number of hydrogen-bond donors (Lipinski definition) is 3. The fraction of sp³-hybridized carbons (Fsp3) is 0.323. The number of ether oxygens (including phenoxy) is 1. The Morgan fingerprint density at radius 2 is 1.79 bits per heavy atom. The van der Waals surface area contributed by atoms with E-state index in [1.807, 2.05) is 43.3 Å². The Hall–Kier alpha value is -5.02. The van der Waals surface area contributed by atoms with Crippen LogP contribution in [0.5, 0.6) is 5.75 Å². The summed E-state index contributed by atoms with van der Waals surface area (Å²) in [4.78, 5) is 40.7. The molecule has 226 valence electrons. The zero-order valence-corrected chi connectivity index (χ0v) is 25.0. The molecule has 43 heavy (non-hydrogen) atoms. The van der Waals surface area contributed by atoms with Crippen molar-refractivity contribution in [1.29, 1.82) is 0 Å². The minimum absolute atomic E-state index is 0.229. The second-order valence-corrected chi connectivity index (χ2v) is 9.79. The standard InChI is InChI=1S/C31H37FN8O3/c1-22(40(4)28(41)11-9-19-39(2)3)30(42)33-18-8-6-7-10-23-20-35-31(37-25-14-17-27(32)34-21-25)38-29(23)36-24-12-15-26(43-5)16-13-24/h9,11-17,20-22H,6,8,18-19H2,1-5H3,(H,33,42)(H2,35,36,37,38). The minimum Gasteiger partial charge on any atom is -0.497 e. The number of aromatic nitrogens is 3. The number of carbonyl (C=O) groups is 2. The van der Waals surface area contributed by atoms with Gasteiger partial charge in [-0.3, -0.25) is 9.59 Å². The Bertz CT molecular complexity index is 1450. The topological polar surface area (TPSA) is 125 Å². The van der Waals surface area contributed by atoms with Gasteiger partial charge in [0.25, 0.3) is 0 Å². The number of halogens is 1. The number of nitrogens with one attached hydrogen (secondary N) is 3. The summed E-state index contributed by atoms with van der Waals surface area (Å²) in [5.41, 5.74) is 1.87. The molecule has 0 fully saturated rings. The second-order valence-electron chi connectivity index (χ2n) is 9.79. The zero-order valence-electron chi connectivity index (χ0n) is 25.0.